The van der Waals surface area contributed by atoms with Gasteiger partial charge in [-0.25, -0.2) is 9.08 Å². The Morgan fingerprint density at radius 2 is 2.00 bits per heavy atom. The molecule has 0 fully saturated rings. The van der Waals surface area contributed by atoms with Crippen molar-refractivity contribution in [2.24, 2.45) is 7.05 Å². The molecule has 2 aromatic rings. The monoisotopic (exact) mass is 204 g/mol. The van der Waals surface area contributed by atoms with E-state index in [-0.39, 0.29) is 5.41 Å². The summed E-state index contributed by atoms with van der Waals surface area (Å²) in [6.07, 6.45) is 6.13. The van der Waals surface area contributed by atoms with Crippen LogP contribution in [0.4, 0.5) is 0 Å². The van der Waals surface area contributed by atoms with Gasteiger partial charge in [0.25, 0.3) is 0 Å². The van der Waals surface area contributed by atoms with Gasteiger partial charge in [-0.05, 0) is 12.3 Å². The Morgan fingerprint density at radius 1 is 1.33 bits per heavy atom. The highest BCUT2D eigenvalue weighted by atomic mass is 15.2. The number of aryl methyl sites for hydroxylation is 2. The maximum absolute atomic E-state index is 4.52. The van der Waals surface area contributed by atoms with E-state index in [1.165, 1.54) is 11.1 Å². The van der Waals surface area contributed by atoms with Crippen molar-refractivity contribution in [2.75, 3.05) is 0 Å². The lowest BCUT2D eigenvalue weighted by molar-refractivity contribution is -0.670. The summed E-state index contributed by atoms with van der Waals surface area (Å²) in [7, 11) is 2.04. The lowest BCUT2D eigenvalue weighted by Gasteiger charge is -2.17. The number of fused-ring (bicyclic) bond motifs is 1. The molecule has 0 aliphatic carbocycles. The van der Waals surface area contributed by atoms with Gasteiger partial charge in [0, 0.05) is 5.56 Å². The zero-order chi connectivity index (χ0) is 11.2. The summed E-state index contributed by atoms with van der Waals surface area (Å²) >= 11 is 0. The Hall–Kier alpha value is -1.38. The predicted molar refractivity (Wildman–Crippen MR) is 59.8 cm³/mol. The second-order valence-electron chi connectivity index (χ2n) is 5.13. The van der Waals surface area contributed by atoms with E-state index < -0.39 is 0 Å². The molecule has 15 heavy (non-hydrogen) atoms. The van der Waals surface area contributed by atoms with Crippen LogP contribution in [0.15, 0.2) is 18.6 Å². The van der Waals surface area contributed by atoms with Crippen LogP contribution >= 0.6 is 0 Å². The van der Waals surface area contributed by atoms with Crippen LogP contribution in [-0.4, -0.2) is 9.61 Å². The highest BCUT2D eigenvalue weighted by molar-refractivity contribution is 5.56. The summed E-state index contributed by atoms with van der Waals surface area (Å²) in [6.45, 7) is 8.76. The third-order valence-electron chi connectivity index (χ3n) is 2.64. The smallest absolute Gasteiger partial charge is 0.194 e. The van der Waals surface area contributed by atoms with Gasteiger partial charge in [0.05, 0.1) is 11.9 Å². The Bertz CT molecular complexity index is 503. The average molecular weight is 204 g/mol. The zero-order valence-electron chi connectivity index (χ0n) is 10.1. The number of rotatable bonds is 0. The van der Waals surface area contributed by atoms with Crippen molar-refractivity contribution in [3.63, 3.8) is 0 Å². The lowest BCUT2D eigenvalue weighted by atomic mass is 9.86. The summed E-state index contributed by atoms with van der Waals surface area (Å²) in [5.41, 5.74) is 3.79. The Kier molecular flexibility index (Phi) is 2.07. The zero-order valence-corrected chi connectivity index (χ0v) is 10.1. The molecular weight excluding hydrogens is 186 g/mol. The van der Waals surface area contributed by atoms with Crippen molar-refractivity contribution in [1.82, 2.24) is 9.61 Å². The maximum Gasteiger partial charge on any atom is 0.194 e. The van der Waals surface area contributed by atoms with Crippen LogP contribution < -0.4 is 4.57 Å². The molecule has 0 spiro atoms. The van der Waals surface area contributed by atoms with Gasteiger partial charge in [-0.15, -0.1) is 0 Å². The van der Waals surface area contributed by atoms with E-state index in [1.807, 2.05) is 24.0 Å². The van der Waals surface area contributed by atoms with Gasteiger partial charge < -0.3 is 0 Å². The number of hydrogen-bond donors (Lipinski definition) is 0. The topological polar surface area (TPSA) is 21.2 Å². The standard InChI is InChI=1S/C12H18N3/c1-9-11(12(2,3)4)10-8-14(5)6-7-15(10)13-9/h6-8H,1-5H3/q+1. The normalized spacial score (nSPS) is 12.3. The molecule has 0 aliphatic heterocycles. The second-order valence-corrected chi connectivity index (χ2v) is 5.13. The van der Waals surface area contributed by atoms with E-state index in [0.29, 0.717) is 0 Å². The quantitative estimate of drug-likeness (QED) is 0.599. The molecule has 2 heterocycles. The van der Waals surface area contributed by atoms with Gasteiger partial charge in [-0.3, -0.25) is 0 Å². The van der Waals surface area contributed by atoms with Crippen LogP contribution in [-0.2, 0) is 12.5 Å². The third-order valence-corrected chi connectivity index (χ3v) is 2.64. The summed E-state index contributed by atoms with van der Waals surface area (Å²) in [5, 5.41) is 4.52. The first kappa shape index (κ1) is 10.1. The first-order valence-electron chi connectivity index (χ1n) is 5.24. The van der Waals surface area contributed by atoms with E-state index in [1.54, 1.807) is 0 Å². The summed E-state index contributed by atoms with van der Waals surface area (Å²) in [6, 6.07) is 0. The second kappa shape index (κ2) is 3.05. The molecule has 0 aromatic carbocycles. The Labute approximate surface area is 90.4 Å². The summed E-state index contributed by atoms with van der Waals surface area (Å²) in [4.78, 5) is 0. The van der Waals surface area contributed by atoms with Gasteiger partial charge in [0.1, 0.15) is 12.6 Å². The number of aromatic nitrogens is 3. The van der Waals surface area contributed by atoms with Crippen molar-refractivity contribution < 1.29 is 4.57 Å². The summed E-state index contributed by atoms with van der Waals surface area (Å²) in [5.74, 6) is 0. The minimum absolute atomic E-state index is 0.139. The van der Waals surface area contributed by atoms with E-state index in [9.17, 15) is 0 Å². The third kappa shape index (κ3) is 1.62. The van der Waals surface area contributed by atoms with Crippen LogP contribution in [0.3, 0.4) is 0 Å². The molecule has 80 valence electrons. The van der Waals surface area contributed by atoms with Gasteiger partial charge in [0.15, 0.2) is 12.4 Å². The van der Waals surface area contributed by atoms with Crippen molar-refractivity contribution >= 4 is 5.52 Å². The first-order chi connectivity index (χ1) is 6.89. The Balaban J connectivity index is 2.82. The van der Waals surface area contributed by atoms with Crippen LogP contribution in [0.1, 0.15) is 32.0 Å². The number of hydrogen-bond acceptors (Lipinski definition) is 1. The van der Waals surface area contributed by atoms with Gasteiger partial charge >= 0.3 is 0 Å². The molecule has 0 bridgehead atoms. The Morgan fingerprint density at radius 3 is 2.60 bits per heavy atom. The van der Waals surface area contributed by atoms with Crippen molar-refractivity contribution in [1.29, 1.82) is 0 Å². The minimum Gasteiger partial charge on any atom is -0.228 e. The van der Waals surface area contributed by atoms with Crippen molar-refractivity contribution in [3.8, 4) is 0 Å². The first-order valence-corrected chi connectivity index (χ1v) is 5.24. The summed E-state index contributed by atoms with van der Waals surface area (Å²) < 4.78 is 4.02. The fourth-order valence-corrected chi connectivity index (χ4v) is 2.13. The van der Waals surface area contributed by atoms with Crippen LogP contribution in [0.5, 0.6) is 0 Å². The number of nitrogens with zero attached hydrogens (tertiary/aromatic N) is 3. The lowest BCUT2D eigenvalue weighted by Crippen LogP contribution is -2.27. The van der Waals surface area contributed by atoms with Gasteiger partial charge in [-0.2, -0.15) is 5.10 Å². The fraction of sp³-hybridized carbons (Fsp3) is 0.500. The molecule has 0 unspecified atom stereocenters. The molecule has 2 aromatic heterocycles. The van der Waals surface area contributed by atoms with Crippen LogP contribution in [0, 0.1) is 6.92 Å². The highest BCUT2D eigenvalue weighted by Gasteiger charge is 2.23. The molecule has 3 heteroatoms. The molecule has 0 saturated heterocycles. The van der Waals surface area contributed by atoms with E-state index >= 15 is 0 Å². The van der Waals surface area contributed by atoms with E-state index in [4.69, 9.17) is 0 Å². The van der Waals surface area contributed by atoms with Gasteiger partial charge in [0.2, 0.25) is 0 Å². The van der Waals surface area contributed by atoms with Crippen LogP contribution in [0.2, 0.25) is 0 Å². The molecule has 0 aliphatic rings. The van der Waals surface area contributed by atoms with Crippen molar-refractivity contribution in [2.45, 2.75) is 33.1 Å². The molecule has 0 saturated carbocycles. The molecule has 3 nitrogen and oxygen atoms in total. The molecule has 0 N–H and O–H groups in total. The van der Waals surface area contributed by atoms with E-state index in [2.05, 4.69) is 43.6 Å². The van der Waals surface area contributed by atoms with Gasteiger partial charge in [-0.1, -0.05) is 20.8 Å². The van der Waals surface area contributed by atoms with E-state index in [0.717, 1.165) is 5.69 Å². The largest absolute Gasteiger partial charge is 0.228 e. The SMILES string of the molecule is Cc1nn2cc[n+](C)cc2c1C(C)(C)C. The molecular formula is C12H18N3+. The molecule has 2 rings (SSSR count). The fourth-order valence-electron chi connectivity index (χ4n) is 2.13. The predicted octanol–water partition coefficient (Wildman–Crippen LogP) is 1.76. The van der Waals surface area contributed by atoms with Crippen LogP contribution in [0.25, 0.3) is 5.52 Å². The highest BCUT2D eigenvalue weighted by Crippen LogP contribution is 2.28. The molecule has 0 radical (unpaired) electrons. The van der Waals surface area contributed by atoms with Crippen molar-refractivity contribution in [3.05, 3.63) is 29.8 Å². The molecule has 0 amide bonds. The molecule has 0 atom stereocenters. The average Bonchev–Trinajstić information content (AvgIpc) is 2.38. The maximum atomic E-state index is 4.52. The minimum atomic E-state index is 0.139.